The maximum absolute atomic E-state index is 14.0. The van der Waals surface area contributed by atoms with Crippen molar-refractivity contribution in [3.63, 3.8) is 0 Å². The van der Waals surface area contributed by atoms with Gasteiger partial charge in [-0.1, -0.05) is 30.4 Å². The third-order valence-electron chi connectivity index (χ3n) is 6.72. The van der Waals surface area contributed by atoms with E-state index in [4.69, 9.17) is 14.3 Å². The number of piperidine rings is 1. The highest BCUT2D eigenvalue weighted by molar-refractivity contribution is 7.92. The van der Waals surface area contributed by atoms with Crippen LogP contribution < -0.4 is 9.04 Å². The predicted molar refractivity (Wildman–Crippen MR) is 121 cm³/mol. The van der Waals surface area contributed by atoms with Crippen LogP contribution in [0.4, 0.5) is 5.69 Å². The number of benzene rings is 2. The molecule has 174 valence electrons. The first-order chi connectivity index (χ1) is 16.0. The lowest BCUT2D eigenvalue weighted by Gasteiger charge is -2.45. The molecule has 3 heterocycles. The van der Waals surface area contributed by atoms with Crippen LogP contribution >= 0.6 is 0 Å². The van der Waals surface area contributed by atoms with E-state index in [2.05, 4.69) is 0 Å². The normalized spacial score (nSPS) is 26.7. The summed E-state index contributed by atoms with van der Waals surface area (Å²) in [6.07, 6.45) is 4.24. The first kappa shape index (κ1) is 21.9. The molecule has 0 N–H and O–H groups in total. The molecule has 0 aliphatic carbocycles. The van der Waals surface area contributed by atoms with Crippen LogP contribution in [0.1, 0.15) is 17.9 Å². The Hall–Kier alpha value is -2.88. The Morgan fingerprint density at radius 1 is 1.09 bits per heavy atom. The van der Waals surface area contributed by atoms with Crippen molar-refractivity contribution in [3.8, 4) is 5.75 Å². The molecule has 2 unspecified atom stereocenters. The predicted octanol–water partition coefficient (Wildman–Crippen LogP) is 2.72. The number of esters is 1. The number of hydrogen-bond donors (Lipinski definition) is 0. The van der Waals surface area contributed by atoms with E-state index < -0.39 is 34.0 Å². The first-order valence-corrected chi connectivity index (χ1v) is 12.3. The molecule has 0 spiro atoms. The van der Waals surface area contributed by atoms with E-state index in [-0.39, 0.29) is 10.8 Å². The largest absolute Gasteiger partial charge is 0.497 e. The number of carbonyl (C=O) groups is 1. The zero-order valence-electron chi connectivity index (χ0n) is 18.5. The fourth-order valence-electron chi connectivity index (χ4n) is 5.30. The third-order valence-corrected chi connectivity index (χ3v) is 8.54. The lowest BCUT2D eigenvalue weighted by atomic mass is 9.79. The van der Waals surface area contributed by atoms with Gasteiger partial charge in [-0.2, -0.15) is 5.06 Å². The lowest BCUT2D eigenvalue weighted by molar-refractivity contribution is -0.203. The van der Waals surface area contributed by atoms with Crippen LogP contribution in [0.2, 0.25) is 0 Å². The van der Waals surface area contributed by atoms with Gasteiger partial charge in [-0.15, -0.1) is 0 Å². The van der Waals surface area contributed by atoms with Crippen LogP contribution in [-0.4, -0.2) is 58.9 Å². The number of rotatable bonds is 4. The highest BCUT2D eigenvalue weighted by atomic mass is 32.2. The number of anilines is 1. The maximum atomic E-state index is 14.0. The summed E-state index contributed by atoms with van der Waals surface area (Å²) in [5.41, 5.74) is 1.50. The second kappa shape index (κ2) is 8.48. The Morgan fingerprint density at radius 3 is 2.61 bits per heavy atom. The van der Waals surface area contributed by atoms with E-state index in [9.17, 15) is 13.2 Å². The number of hydrogen-bond acceptors (Lipinski definition) is 7. The molecule has 0 amide bonds. The number of carbonyl (C=O) groups excluding carboxylic acids is 1. The highest BCUT2D eigenvalue weighted by Gasteiger charge is 2.56. The van der Waals surface area contributed by atoms with E-state index >= 15 is 0 Å². The lowest BCUT2D eigenvalue weighted by Crippen LogP contribution is -2.60. The van der Waals surface area contributed by atoms with Crippen molar-refractivity contribution in [2.24, 2.45) is 5.92 Å². The summed E-state index contributed by atoms with van der Waals surface area (Å²) in [6, 6.07) is 12.7. The van der Waals surface area contributed by atoms with Gasteiger partial charge in [0.25, 0.3) is 10.0 Å². The minimum absolute atomic E-state index is 0.128. The van der Waals surface area contributed by atoms with Crippen LogP contribution in [0.25, 0.3) is 0 Å². The van der Waals surface area contributed by atoms with Crippen LogP contribution in [0.15, 0.2) is 65.6 Å². The number of hydroxylamine groups is 2. The number of nitrogens with zero attached hydrogens (tertiary/aromatic N) is 2. The van der Waals surface area contributed by atoms with Crippen LogP contribution in [0.5, 0.6) is 5.75 Å². The second-order valence-corrected chi connectivity index (χ2v) is 10.1. The van der Waals surface area contributed by atoms with Gasteiger partial charge in [-0.05, 0) is 42.3 Å². The fraction of sp³-hybridized carbons (Fsp3) is 0.375. The van der Waals surface area contributed by atoms with Crippen LogP contribution in [0.3, 0.4) is 0 Å². The van der Waals surface area contributed by atoms with Crippen molar-refractivity contribution >= 4 is 21.7 Å². The summed E-state index contributed by atoms with van der Waals surface area (Å²) in [7, 11) is -0.990. The van der Waals surface area contributed by atoms with Gasteiger partial charge in [-0.3, -0.25) is 13.9 Å². The van der Waals surface area contributed by atoms with E-state index in [0.29, 0.717) is 31.0 Å². The minimum atomic E-state index is -3.93. The molecule has 0 bridgehead atoms. The van der Waals surface area contributed by atoms with Gasteiger partial charge in [0.2, 0.25) is 0 Å². The summed E-state index contributed by atoms with van der Waals surface area (Å²) in [5, 5.41) is 1.76. The van der Waals surface area contributed by atoms with Crippen molar-refractivity contribution in [3.05, 3.63) is 66.2 Å². The molecular formula is C24H26N2O6S. The summed E-state index contributed by atoms with van der Waals surface area (Å²) in [4.78, 5) is 19.0. The zero-order valence-corrected chi connectivity index (χ0v) is 19.3. The molecule has 9 heteroatoms. The van der Waals surface area contributed by atoms with Gasteiger partial charge >= 0.3 is 5.97 Å². The number of methoxy groups -OCH3 is 2. The molecule has 2 aromatic rings. The van der Waals surface area contributed by atoms with Crippen molar-refractivity contribution in [2.45, 2.75) is 29.3 Å². The van der Waals surface area contributed by atoms with Gasteiger partial charge < -0.3 is 9.47 Å². The van der Waals surface area contributed by atoms with E-state index in [1.807, 2.05) is 6.07 Å². The molecule has 33 heavy (non-hydrogen) atoms. The van der Waals surface area contributed by atoms with Crippen molar-refractivity contribution < 1.29 is 27.5 Å². The average molecular weight is 471 g/mol. The molecule has 8 nitrogen and oxygen atoms in total. The molecule has 0 aromatic heterocycles. The van der Waals surface area contributed by atoms with E-state index in [1.165, 1.54) is 11.4 Å². The molecule has 0 saturated carbocycles. The summed E-state index contributed by atoms with van der Waals surface area (Å²) in [5.74, 6) is -0.555. The zero-order chi connectivity index (χ0) is 23.2. The minimum Gasteiger partial charge on any atom is -0.497 e. The quantitative estimate of drug-likeness (QED) is 0.502. The molecular weight excluding hydrogens is 444 g/mol. The van der Waals surface area contributed by atoms with Crippen molar-refractivity contribution in [1.82, 2.24) is 5.06 Å². The van der Waals surface area contributed by atoms with Crippen LogP contribution in [-0.2, 0) is 24.4 Å². The van der Waals surface area contributed by atoms with E-state index in [1.54, 1.807) is 66.8 Å². The monoisotopic (exact) mass is 470 g/mol. The van der Waals surface area contributed by atoms with Crippen molar-refractivity contribution in [2.75, 3.05) is 31.7 Å². The summed E-state index contributed by atoms with van der Waals surface area (Å²) >= 11 is 0. The Balaban J connectivity index is 1.71. The number of fused-ring (bicyclic) bond motifs is 5. The third kappa shape index (κ3) is 3.51. The Kier molecular flexibility index (Phi) is 5.64. The number of sulfonamides is 1. The first-order valence-electron chi connectivity index (χ1n) is 10.9. The van der Waals surface area contributed by atoms with Gasteiger partial charge in [-0.25, -0.2) is 8.42 Å². The highest BCUT2D eigenvalue weighted by Crippen LogP contribution is 2.52. The summed E-state index contributed by atoms with van der Waals surface area (Å²) < 4.78 is 40.1. The fourth-order valence-corrected chi connectivity index (χ4v) is 7.05. The number of ether oxygens (including phenoxy) is 2. The van der Waals surface area contributed by atoms with Crippen LogP contribution in [0, 0.1) is 5.92 Å². The summed E-state index contributed by atoms with van der Waals surface area (Å²) in [6.45, 7) is 0.879. The van der Waals surface area contributed by atoms with Gasteiger partial charge in [0, 0.05) is 12.5 Å². The smallest absolute Gasteiger partial charge is 0.314 e. The second-order valence-electron chi connectivity index (χ2n) is 8.33. The Bertz CT molecular complexity index is 1180. The Morgan fingerprint density at radius 2 is 1.88 bits per heavy atom. The molecule has 4 atom stereocenters. The maximum Gasteiger partial charge on any atom is 0.314 e. The van der Waals surface area contributed by atoms with Gasteiger partial charge in [0.1, 0.15) is 5.75 Å². The molecule has 5 rings (SSSR count). The molecule has 2 aromatic carbocycles. The van der Waals surface area contributed by atoms with E-state index in [0.717, 1.165) is 5.56 Å². The average Bonchev–Trinajstić information content (AvgIpc) is 3.02. The molecule has 3 aliphatic rings. The standard InChI is InChI=1S/C24H26N2O6S/c1-30-16-10-11-21-20(15-16)18-12-13-25-22(19(24(27)31-2)9-6-14-32-25)23(18)26(21)33(28,29)17-7-4-3-5-8-17/h3-11,15,18-19,22-23H,12-14H2,1-2H3/t18?,19-,22-,23?/m0/s1. The van der Waals surface area contributed by atoms with Crippen molar-refractivity contribution in [1.29, 1.82) is 0 Å². The molecule has 0 radical (unpaired) electrons. The Labute approximate surface area is 193 Å². The molecule has 1 fully saturated rings. The SMILES string of the molecule is COC(=O)[C@H]1C=CCON2CCC3c4cc(OC)ccc4N(S(=O)(=O)c4ccccc4)C3[C@H]12. The van der Waals surface area contributed by atoms with Gasteiger partial charge in [0.15, 0.2) is 0 Å². The topological polar surface area (TPSA) is 85.4 Å². The molecule has 1 saturated heterocycles. The molecule has 3 aliphatic heterocycles. The van der Waals surface area contributed by atoms with Gasteiger partial charge in [0.05, 0.1) is 49.4 Å².